The van der Waals surface area contributed by atoms with Crippen molar-refractivity contribution in [2.24, 2.45) is 0 Å². The molecule has 1 aromatic rings. The van der Waals surface area contributed by atoms with Crippen LogP contribution in [0, 0.1) is 17.1 Å². The summed E-state index contributed by atoms with van der Waals surface area (Å²) < 4.78 is 17.9. The van der Waals surface area contributed by atoms with Gasteiger partial charge in [-0.2, -0.15) is 5.26 Å². The molecule has 0 atom stereocenters. The molecule has 0 aliphatic carbocycles. The molecule has 1 aromatic carbocycles. The van der Waals surface area contributed by atoms with Crippen LogP contribution < -0.4 is 0 Å². The summed E-state index contributed by atoms with van der Waals surface area (Å²) in [4.78, 5) is 11.2. The molecular weight excluding hydrogens is 233 g/mol. The number of carbonyl (C=O) groups is 1. The number of carbonyl (C=O) groups excluding carboxylic acids is 1. The van der Waals surface area contributed by atoms with Gasteiger partial charge in [-0.25, -0.2) is 4.39 Å². The maximum absolute atomic E-state index is 13.2. The van der Waals surface area contributed by atoms with Gasteiger partial charge in [0.2, 0.25) is 0 Å². The highest BCUT2D eigenvalue weighted by Crippen LogP contribution is 2.23. The molecule has 0 aliphatic heterocycles. The summed E-state index contributed by atoms with van der Waals surface area (Å²) in [7, 11) is 0. The summed E-state index contributed by atoms with van der Waals surface area (Å²) in [5.74, 6) is -1.22. The quantitative estimate of drug-likeness (QED) is 0.764. The summed E-state index contributed by atoms with van der Waals surface area (Å²) in [5, 5.41) is 8.95. The van der Waals surface area contributed by atoms with Gasteiger partial charge in [-0.3, -0.25) is 4.79 Å². The van der Waals surface area contributed by atoms with Crippen molar-refractivity contribution >= 4 is 17.6 Å². The van der Waals surface area contributed by atoms with E-state index in [1.54, 1.807) is 13.0 Å². The topological polar surface area (TPSA) is 50.1 Å². The maximum atomic E-state index is 13.2. The van der Waals surface area contributed by atoms with E-state index in [4.69, 9.17) is 21.6 Å². The van der Waals surface area contributed by atoms with Crippen LogP contribution in [0.25, 0.3) is 0 Å². The smallest absolute Gasteiger partial charge is 0.310 e. The lowest BCUT2D eigenvalue weighted by atomic mass is 10.0. The summed E-state index contributed by atoms with van der Waals surface area (Å²) in [6.45, 7) is 1.89. The largest absolute Gasteiger partial charge is 0.466 e. The summed E-state index contributed by atoms with van der Waals surface area (Å²) in [6.07, 6.45) is -0.201. The number of rotatable bonds is 3. The fourth-order valence-corrected chi connectivity index (χ4v) is 1.47. The molecule has 0 spiro atoms. The van der Waals surface area contributed by atoms with Crippen LogP contribution in [0.2, 0.25) is 5.02 Å². The lowest BCUT2D eigenvalue weighted by Crippen LogP contribution is -2.10. The molecule has 3 nitrogen and oxygen atoms in total. The highest BCUT2D eigenvalue weighted by atomic mass is 35.5. The number of benzene rings is 1. The van der Waals surface area contributed by atoms with Crippen molar-refractivity contribution in [3.63, 3.8) is 0 Å². The molecule has 0 saturated heterocycles. The Balaban J connectivity index is 3.08. The molecule has 84 valence electrons. The zero-order chi connectivity index (χ0) is 12.1. The first-order valence-corrected chi connectivity index (χ1v) is 5.00. The van der Waals surface area contributed by atoms with Gasteiger partial charge in [-0.15, -0.1) is 0 Å². The molecule has 0 heterocycles. The number of nitrogens with zero attached hydrogens (tertiary/aromatic N) is 1. The average molecular weight is 242 g/mol. The van der Waals surface area contributed by atoms with Crippen LogP contribution in [0.5, 0.6) is 0 Å². The van der Waals surface area contributed by atoms with Gasteiger partial charge in [0.25, 0.3) is 0 Å². The molecule has 5 heteroatoms. The Bertz CT molecular complexity index is 454. The first-order chi connectivity index (χ1) is 7.60. The fraction of sp³-hybridized carbons (Fsp3) is 0.273. The van der Waals surface area contributed by atoms with E-state index in [1.165, 1.54) is 6.07 Å². The maximum Gasteiger partial charge on any atom is 0.310 e. The molecule has 0 bridgehead atoms. The number of hydrogen-bond acceptors (Lipinski definition) is 3. The van der Waals surface area contributed by atoms with Gasteiger partial charge in [0.05, 0.1) is 18.6 Å². The molecule has 0 N–H and O–H groups in total. The third-order valence-corrected chi connectivity index (χ3v) is 2.30. The third-order valence-electron chi connectivity index (χ3n) is 1.94. The highest BCUT2D eigenvalue weighted by Gasteiger charge is 2.16. The fourth-order valence-electron chi connectivity index (χ4n) is 1.24. The number of nitriles is 1. The molecular formula is C11H9ClFNO2. The van der Waals surface area contributed by atoms with Crippen molar-refractivity contribution in [1.82, 2.24) is 0 Å². The van der Waals surface area contributed by atoms with Gasteiger partial charge >= 0.3 is 5.97 Å². The summed E-state index contributed by atoms with van der Waals surface area (Å²) in [6, 6.07) is 4.09. The van der Waals surface area contributed by atoms with Crippen LogP contribution in [0.4, 0.5) is 4.39 Å². The van der Waals surface area contributed by atoms with Crippen LogP contribution >= 0.6 is 11.6 Å². The number of esters is 1. The lowest BCUT2D eigenvalue weighted by Gasteiger charge is -2.06. The Morgan fingerprint density at radius 3 is 2.88 bits per heavy atom. The summed E-state index contributed by atoms with van der Waals surface area (Å²) >= 11 is 5.80. The summed E-state index contributed by atoms with van der Waals surface area (Å²) in [5.41, 5.74) is -0.0387. The molecule has 0 radical (unpaired) electrons. The van der Waals surface area contributed by atoms with E-state index in [0.29, 0.717) is 0 Å². The average Bonchev–Trinajstić information content (AvgIpc) is 2.24. The van der Waals surface area contributed by atoms with Crippen molar-refractivity contribution in [2.75, 3.05) is 6.61 Å². The third kappa shape index (κ3) is 2.71. The highest BCUT2D eigenvalue weighted by molar-refractivity contribution is 6.31. The molecule has 0 aromatic heterocycles. The number of hydrogen-bond donors (Lipinski definition) is 0. The van der Waals surface area contributed by atoms with E-state index in [2.05, 4.69) is 0 Å². The molecule has 0 saturated carbocycles. The van der Waals surface area contributed by atoms with Gasteiger partial charge in [0.15, 0.2) is 0 Å². The SMILES string of the molecule is CCOC(=O)Cc1c(Cl)ccc(F)c1C#N. The molecule has 0 unspecified atom stereocenters. The Labute approximate surface area is 97.4 Å². The second-order valence-electron chi connectivity index (χ2n) is 2.98. The first kappa shape index (κ1) is 12.5. The van der Waals surface area contributed by atoms with Crippen molar-refractivity contribution in [3.8, 4) is 6.07 Å². The Morgan fingerprint density at radius 2 is 2.31 bits per heavy atom. The Morgan fingerprint density at radius 1 is 1.62 bits per heavy atom. The van der Waals surface area contributed by atoms with Crippen molar-refractivity contribution in [3.05, 3.63) is 34.1 Å². The molecule has 0 aliphatic rings. The van der Waals surface area contributed by atoms with Gasteiger partial charge in [0, 0.05) is 10.6 Å². The molecule has 1 rings (SSSR count). The number of ether oxygens (including phenoxy) is 1. The predicted octanol–water partition coefficient (Wildman–Crippen LogP) is 2.46. The van der Waals surface area contributed by atoms with Crippen molar-refractivity contribution in [2.45, 2.75) is 13.3 Å². The van der Waals surface area contributed by atoms with Crippen LogP contribution in [-0.4, -0.2) is 12.6 Å². The van der Waals surface area contributed by atoms with Gasteiger partial charge in [-0.1, -0.05) is 11.6 Å². The van der Waals surface area contributed by atoms with E-state index in [0.717, 1.165) is 6.07 Å². The minimum atomic E-state index is -0.689. The second kappa shape index (κ2) is 5.47. The van der Waals surface area contributed by atoms with E-state index < -0.39 is 11.8 Å². The van der Waals surface area contributed by atoms with E-state index in [1.807, 2.05) is 0 Å². The Kier molecular flexibility index (Phi) is 4.27. The monoisotopic (exact) mass is 241 g/mol. The van der Waals surface area contributed by atoms with Crippen LogP contribution in [0.3, 0.4) is 0 Å². The predicted molar refractivity (Wildman–Crippen MR) is 56.5 cm³/mol. The van der Waals surface area contributed by atoms with Crippen LogP contribution in [0.1, 0.15) is 18.1 Å². The van der Waals surface area contributed by atoms with Crippen molar-refractivity contribution in [1.29, 1.82) is 5.26 Å². The molecule has 16 heavy (non-hydrogen) atoms. The number of halogens is 2. The second-order valence-corrected chi connectivity index (χ2v) is 3.38. The van der Waals surface area contributed by atoms with Gasteiger partial charge in [-0.05, 0) is 19.1 Å². The normalized spacial score (nSPS) is 9.62. The zero-order valence-electron chi connectivity index (χ0n) is 8.59. The van der Waals surface area contributed by atoms with Gasteiger partial charge in [0.1, 0.15) is 11.9 Å². The lowest BCUT2D eigenvalue weighted by molar-refractivity contribution is -0.142. The van der Waals surface area contributed by atoms with Crippen LogP contribution in [-0.2, 0) is 16.0 Å². The van der Waals surface area contributed by atoms with Crippen LogP contribution in [0.15, 0.2) is 12.1 Å². The van der Waals surface area contributed by atoms with E-state index in [-0.39, 0.29) is 29.2 Å². The van der Waals surface area contributed by atoms with E-state index >= 15 is 0 Å². The minimum absolute atomic E-state index is 0.169. The van der Waals surface area contributed by atoms with Crippen molar-refractivity contribution < 1.29 is 13.9 Å². The molecule has 0 fully saturated rings. The Hall–Kier alpha value is -1.60. The first-order valence-electron chi connectivity index (χ1n) is 4.62. The zero-order valence-corrected chi connectivity index (χ0v) is 9.34. The van der Waals surface area contributed by atoms with E-state index in [9.17, 15) is 9.18 Å². The standard InChI is InChI=1S/C11H9ClFNO2/c1-2-16-11(15)5-7-8(6-14)10(13)4-3-9(7)12/h3-4H,2,5H2,1H3. The minimum Gasteiger partial charge on any atom is -0.466 e. The molecule has 0 amide bonds. The van der Waals surface area contributed by atoms with Gasteiger partial charge < -0.3 is 4.74 Å².